The first kappa shape index (κ1) is 8.18. The van der Waals surface area contributed by atoms with Crippen LogP contribution in [0.5, 0.6) is 0 Å². The molecule has 0 aliphatic carbocycles. The molecular formula is C7H7N3O2S. The highest BCUT2D eigenvalue weighted by atomic mass is 32.1. The number of nitrogens with one attached hydrogen (secondary N) is 1. The van der Waals surface area contributed by atoms with Crippen LogP contribution in [0.2, 0.25) is 0 Å². The lowest BCUT2D eigenvalue weighted by atomic mass is 10.5. The Balaban J connectivity index is 3.10. The number of aryl methyl sites for hydroxylation is 1. The monoisotopic (exact) mass is 197 g/mol. The van der Waals surface area contributed by atoms with Gasteiger partial charge in [-0.05, 0) is 6.92 Å². The lowest BCUT2D eigenvalue weighted by molar-refractivity contribution is 0.792. The predicted molar refractivity (Wildman–Crippen MR) is 50.2 cm³/mol. The fraction of sp³-hybridized carbons (Fsp3) is 0.286. The van der Waals surface area contributed by atoms with Gasteiger partial charge >= 0.3 is 5.69 Å². The summed E-state index contributed by atoms with van der Waals surface area (Å²) in [6, 6.07) is 0. The Morgan fingerprint density at radius 1 is 1.46 bits per heavy atom. The van der Waals surface area contributed by atoms with Crippen LogP contribution in [0.25, 0.3) is 10.3 Å². The lowest BCUT2D eigenvalue weighted by Crippen LogP contribution is -2.32. The van der Waals surface area contributed by atoms with E-state index in [4.69, 9.17) is 0 Å². The van der Waals surface area contributed by atoms with Gasteiger partial charge in [-0.2, -0.15) is 0 Å². The Kier molecular flexibility index (Phi) is 1.59. The maximum atomic E-state index is 11.4. The Bertz CT molecular complexity index is 577. The fourth-order valence-electron chi connectivity index (χ4n) is 1.09. The molecule has 6 heteroatoms. The molecular weight excluding hydrogens is 190 g/mol. The van der Waals surface area contributed by atoms with E-state index in [2.05, 4.69) is 9.97 Å². The molecule has 2 aromatic rings. The van der Waals surface area contributed by atoms with Crippen molar-refractivity contribution in [3.63, 3.8) is 0 Å². The number of nitrogens with zero attached hydrogens (tertiary/aromatic N) is 2. The largest absolute Gasteiger partial charge is 0.329 e. The van der Waals surface area contributed by atoms with Crippen molar-refractivity contribution in [2.45, 2.75) is 6.92 Å². The van der Waals surface area contributed by atoms with Gasteiger partial charge in [-0.15, -0.1) is 11.3 Å². The average Bonchev–Trinajstić information content (AvgIpc) is 2.42. The molecule has 2 aromatic heterocycles. The summed E-state index contributed by atoms with van der Waals surface area (Å²) >= 11 is 1.31. The Hall–Kier alpha value is -1.43. The van der Waals surface area contributed by atoms with Crippen molar-refractivity contribution in [2.24, 2.45) is 7.05 Å². The standard InChI is InChI=1S/C7H7N3O2S/c1-3-8-4-5(13-3)9-7(12)10(2)6(4)11/h1-2H3,(H,9,12). The topological polar surface area (TPSA) is 67.8 Å². The molecule has 1 N–H and O–H groups in total. The normalized spacial score (nSPS) is 10.9. The van der Waals surface area contributed by atoms with Crippen LogP contribution in [0, 0.1) is 6.92 Å². The minimum atomic E-state index is -0.402. The number of fused-ring (bicyclic) bond motifs is 1. The molecule has 0 aliphatic rings. The predicted octanol–water partition coefficient (Wildman–Crippen LogP) is -0.00828. The molecule has 0 radical (unpaired) electrons. The first-order valence-electron chi connectivity index (χ1n) is 3.66. The molecule has 0 saturated heterocycles. The van der Waals surface area contributed by atoms with Crippen LogP contribution in [0.3, 0.4) is 0 Å². The molecule has 68 valence electrons. The second-order valence-electron chi connectivity index (χ2n) is 2.70. The molecule has 0 spiro atoms. The van der Waals surface area contributed by atoms with Crippen molar-refractivity contribution in [3.8, 4) is 0 Å². The van der Waals surface area contributed by atoms with Crippen LogP contribution < -0.4 is 11.2 Å². The van der Waals surface area contributed by atoms with Crippen LogP contribution in [-0.2, 0) is 7.05 Å². The summed E-state index contributed by atoms with van der Waals surface area (Å²) in [5.74, 6) is 0. The SMILES string of the molecule is Cc1nc2c(=O)n(C)c(=O)[nH]c2s1. The van der Waals surface area contributed by atoms with E-state index in [1.165, 1.54) is 18.4 Å². The minimum absolute atomic E-state index is 0.338. The Labute approximate surface area is 76.7 Å². The van der Waals surface area contributed by atoms with Crippen molar-refractivity contribution < 1.29 is 0 Å². The Morgan fingerprint density at radius 3 is 2.85 bits per heavy atom. The van der Waals surface area contributed by atoms with E-state index >= 15 is 0 Å². The van der Waals surface area contributed by atoms with Gasteiger partial charge in [0.2, 0.25) is 0 Å². The van der Waals surface area contributed by atoms with E-state index in [-0.39, 0.29) is 5.56 Å². The number of aromatic nitrogens is 3. The molecule has 0 aliphatic heterocycles. The summed E-state index contributed by atoms with van der Waals surface area (Å²) in [5, 5.41) is 0.772. The van der Waals surface area contributed by atoms with E-state index in [0.29, 0.717) is 10.3 Å². The molecule has 13 heavy (non-hydrogen) atoms. The first-order valence-corrected chi connectivity index (χ1v) is 4.47. The third-order valence-electron chi connectivity index (χ3n) is 1.77. The highest BCUT2D eigenvalue weighted by Crippen LogP contribution is 2.13. The van der Waals surface area contributed by atoms with E-state index < -0.39 is 5.69 Å². The van der Waals surface area contributed by atoms with Gasteiger partial charge in [-0.25, -0.2) is 9.78 Å². The van der Waals surface area contributed by atoms with Gasteiger partial charge in [-0.1, -0.05) is 0 Å². The van der Waals surface area contributed by atoms with E-state index in [1.54, 1.807) is 6.92 Å². The molecule has 0 aromatic carbocycles. The maximum Gasteiger partial charge on any atom is 0.329 e. The number of aromatic amines is 1. The third kappa shape index (κ3) is 1.10. The Morgan fingerprint density at radius 2 is 2.15 bits per heavy atom. The summed E-state index contributed by atoms with van der Waals surface area (Å²) in [4.78, 5) is 29.8. The first-order chi connectivity index (χ1) is 6.09. The van der Waals surface area contributed by atoms with Crippen molar-refractivity contribution >= 4 is 21.7 Å². The van der Waals surface area contributed by atoms with Crippen LogP contribution in [0.4, 0.5) is 0 Å². The van der Waals surface area contributed by atoms with Gasteiger partial charge in [0.25, 0.3) is 5.56 Å². The quantitative estimate of drug-likeness (QED) is 0.646. The summed E-state index contributed by atoms with van der Waals surface area (Å²) < 4.78 is 1.02. The zero-order valence-corrected chi connectivity index (χ0v) is 7.94. The maximum absolute atomic E-state index is 11.4. The zero-order chi connectivity index (χ0) is 9.59. The van der Waals surface area contributed by atoms with Crippen LogP contribution in [0.15, 0.2) is 9.59 Å². The second kappa shape index (κ2) is 2.53. The molecule has 0 amide bonds. The highest BCUT2D eigenvalue weighted by molar-refractivity contribution is 7.18. The molecule has 0 saturated carbocycles. The van der Waals surface area contributed by atoms with Gasteiger partial charge in [0.05, 0.1) is 5.01 Å². The van der Waals surface area contributed by atoms with Crippen LogP contribution in [0.1, 0.15) is 5.01 Å². The molecule has 2 heterocycles. The molecule has 0 bridgehead atoms. The summed E-state index contributed by atoms with van der Waals surface area (Å²) in [5.41, 5.74) is -0.408. The minimum Gasteiger partial charge on any atom is -0.297 e. The van der Waals surface area contributed by atoms with Gasteiger partial charge < -0.3 is 0 Å². The summed E-state index contributed by atoms with van der Waals surface area (Å²) in [6.07, 6.45) is 0. The van der Waals surface area contributed by atoms with Crippen molar-refractivity contribution in [1.82, 2.24) is 14.5 Å². The third-order valence-corrected chi connectivity index (χ3v) is 2.65. The smallest absolute Gasteiger partial charge is 0.297 e. The highest BCUT2D eigenvalue weighted by Gasteiger charge is 2.07. The van der Waals surface area contributed by atoms with Crippen molar-refractivity contribution in [3.05, 3.63) is 25.8 Å². The van der Waals surface area contributed by atoms with Gasteiger partial charge in [0.1, 0.15) is 4.83 Å². The number of rotatable bonds is 0. The summed E-state index contributed by atoms with van der Waals surface area (Å²) in [6.45, 7) is 1.79. The molecule has 0 fully saturated rings. The van der Waals surface area contributed by atoms with E-state index in [9.17, 15) is 9.59 Å². The van der Waals surface area contributed by atoms with E-state index in [1.807, 2.05) is 0 Å². The van der Waals surface area contributed by atoms with Crippen molar-refractivity contribution in [1.29, 1.82) is 0 Å². The number of hydrogen-bond donors (Lipinski definition) is 1. The number of hydrogen-bond acceptors (Lipinski definition) is 4. The van der Waals surface area contributed by atoms with Crippen LogP contribution in [-0.4, -0.2) is 14.5 Å². The zero-order valence-electron chi connectivity index (χ0n) is 7.12. The van der Waals surface area contributed by atoms with Gasteiger partial charge in [-0.3, -0.25) is 14.3 Å². The number of thiazole rings is 1. The second-order valence-corrected chi connectivity index (χ2v) is 3.91. The lowest BCUT2D eigenvalue weighted by Gasteiger charge is -1.92. The van der Waals surface area contributed by atoms with Crippen molar-refractivity contribution in [2.75, 3.05) is 0 Å². The van der Waals surface area contributed by atoms with Crippen LogP contribution >= 0.6 is 11.3 Å². The van der Waals surface area contributed by atoms with E-state index in [0.717, 1.165) is 9.57 Å². The fourth-order valence-corrected chi connectivity index (χ4v) is 1.89. The number of H-pyrrole nitrogens is 1. The molecule has 0 unspecified atom stereocenters. The van der Waals surface area contributed by atoms with Gasteiger partial charge in [0, 0.05) is 7.05 Å². The van der Waals surface area contributed by atoms with Gasteiger partial charge in [0.15, 0.2) is 5.52 Å². The molecule has 0 atom stereocenters. The molecule has 5 nitrogen and oxygen atoms in total. The average molecular weight is 197 g/mol. The summed E-state index contributed by atoms with van der Waals surface area (Å²) in [7, 11) is 1.43. The molecule has 2 rings (SSSR count).